The van der Waals surface area contributed by atoms with Crippen LogP contribution in [-0.2, 0) is 6.42 Å². The third-order valence-corrected chi connectivity index (χ3v) is 5.60. The van der Waals surface area contributed by atoms with Gasteiger partial charge in [-0.05, 0) is 35.9 Å². The van der Waals surface area contributed by atoms with Crippen LogP contribution >= 0.6 is 34.5 Å². The van der Waals surface area contributed by atoms with Crippen molar-refractivity contribution in [3.05, 3.63) is 56.9 Å². The summed E-state index contributed by atoms with van der Waals surface area (Å²) >= 11 is 13.9. The number of ether oxygens (including phenoxy) is 1. The molecule has 0 atom stereocenters. The molecule has 1 aliphatic carbocycles. The molecule has 6 heteroatoms. The minimum atomic E-state index is 0.509. The van der Waals surface area contributed by atoms with Gasteiger partial charge in [-0.3, -0.25) is 0 Å². The molecule has 0 saturated carbocycles. The molecule has 1 aliphatic rings. The van der Waals surface area contributed by atoms with Crippen molar-refractivity contribution in [2.45, 2.75) is 6.42 Å². The summed E-state index contributed by atoms with van der Waals surface area (Å²) in [7, 11) is 1.68. The maximum absolute atomic E-state index is 6.22. The Morgan fingerprint density at radius 3 is 2.91 bits per heavy atom. The molecule has 0 bridgehead atoms. The summed E-state index contributed by atoms with van der Waals surface area (Å²) in [4.78, 5) is 5.96. The molecular weight excluding hydrogens is 351 g/mol. The highest BCUT2D eigenvalue weighted by Gasteiger charge is 2.24. The smallest absolute Gasteiger partial charge is 0.188 e. The van der Waals surface area contributed by atoms with E-state index in [1.807, 2.05) is 18.2 Å². The molecule has 116 valence electrons. The van der Waals surface area contributed by atoms with Crippen LogP contribution < -0.4 is 10.1 Å². The minimum absolute atomic E-state index is 0.509. The number of hydrogen-bond donors (Lipinski definition) is 1. The highest BCUT2D eigenvalue weighted by atomic mass is 35.5. The van der Waals surface area contributed by atoms with Gasteiger partial charge in [-0.1, -0.05) is 29.3 Å². The van der Waals surface area contributed by atoms with E-state index in [0.717, 1.165) is 28.7 Å². The van der Waals surface area contributed by atoms with Crippen molar-refractivity contribution in [1.82, 2.24) is 4.98 Å². The number of rotatable bonds is 3. The van der Waals surface area contributed by atoms with E-state index in [9.17, 15) is 0 Å². The molecule has 0 saturated heterocycles. The van der Waals surface area contributed by atoms with Gasteiger partial charge in [0.2, 0.25) is 0 Å². The largest absolute Gasteiger partial charge is 0.497 e. The predicted molar refractivity (Wildman–Crippen MR) is 96.7 cm³/mol. The lowest BCUT2D eigenvalue weighted by atomic mass is 10.1. The lowest BCUT2D eigenvalue weighted by Crippen LogP contribution is -1.91. The zero-order valence-corrected chi connectivity index (χ0v) is 14.5. The van der Waals surface area contributed by atoms with E-state index in [1.54, 1.807) is 24.5 Å². The third kappa shape index (κ3) is 2.57. The zero-order valence-electron chi connectivity index (χ0n) is 12.2. The van der Waals surface area contributed by atoms with Crippen molar-refractivity contribution < 1.29 is 4.74 Å². The van der Waals surface area contributed by atoms with E-state index in [2.05, 4.69) is 17.4 Å². The fraction of sp³-hybridized carbons (Fsp3) is 0.118. The van der Waals surface area contributed by atoms with Crippen LogP contribution in [0.15, 0.2) is 36.4 Å². The van der Waals surface area contributed by atoms with Crippen LogP contribution in [0.5, 0.6) is 5.75 Å². The van der Waals surface area contributed by atoms with Crippen LogP contribution in [0.4, 0.5) is 10.8 Å². The summed E-state index contributed by atoms with van der Waals surface area (Å²) < 4.78 is 5.29. The summed E-state index contributed by atoms with van der Waals surface area (Å²) in [6.45, 7) is 0. The second-order valence-electron chi connectivity index (χ2n) is 5.22. The van der Waals surface area contributed by atoms with Crippen LogP contribution in [0.3, 0.4) is 0 Å². The summed E-state index contributed by atoms with van der Waals surface area (Å²) in [6, 6.07) is 11.6. The average Bonchev–Trinajstić information content (AvgIpc) is 3.08. The predicted octanol–water partition coefficient (Wildman–Crippen LogP) is 5.77. The number of thiazole rings is 1. The molecular formula is C17H12Cl2N2OS. The van der Waals surface area contributed by atoms with Crippen molar-refractivity contribution in [2.75, 3.05) is 12.4 Å². The monoisotopic (exact) mass is 362 g/mol. The molecule has 1 heterocycles. The first kappa shape index (κ1) is 14.8. The SMILES string of the molecule is COc1ccc2c(c1)Cc1sc(Nc3cccc(Cl)c3Cl)nc1-2. The molecule has 0 aliphatic heterocycles. The van der Waals surface area contributed by atoms with Crippen molar-refractivity contribution in [1.29, 1.82) is 0 Å². The summed E-state index contributed by atoms with van der Waals surface area (Å²) in [6.07, 6.45) is 0.879. The molecule has 23 heavy (non-hydrogen) atoms. The van der Waals surface area contributed by atoms with Crippen molar-refractivity contribution >= 4 is 45.4 Å². The Morgan fingerprint density at radius 1 is 1.22 bits per heavy atom. The van der Waals surface area contributed by atoms with Gasteiger partial charge in [0.1, 0.15) is 5.75 Å². The summed E-state index contributed by atoms with van der Waals surface area (Å²) in [5.41, 5.74) is 4.22. The quantitative estimate of drug-likeness (QED) is 0.501. The Kier molecular flexibility index (Phi) is 3.68. The molecule has 0 radical (unpaired) electrons. The van der Waals surface area contributed by atoms with Crippen LogP contribution in [0, 0.1) is 0 Å². The number of hydrogen-bond acceptors (Lipinski definition) is 4. The lowest BCUT2D eigenvalue weighted by Gasteiger charge is -2.07. The van der Waals surface area contributed by atoms with Gasteiger partial charge < -0.3 is 10.1 Å². The van der Waals surface area contributed by atoms with E-state index in [-0.39, 0.29) is 0 Å². The minimum Gasteiger partial charge on any atom is -0.497 e. The van der Waals surface area contributed by atoms with Gasteiger partial charge in [0, 0.05) is 16.9 Å². The van der Waals surface area contributed by atoms with Crippen LogP contribution in [0.1, 0.15) is 10.4 Å². The van der Waals surface area contributed by atoms with Gasteiger partial charge in [0.15, 0.2) is 5.13 Å². The van der Waals surface area contributed by atoms with Gasteiger partial charge in [-0.2, -0.15) is 0 Å². The maximum atomic E-state index is 6.22. The lowest BCUT2D eigenvalue weighted by molar-refractivity contribution is 0.414. The third-order valence-electron chi connectivity index (χ3n) is 3.81. The first-order valence-corrected chi connectivity index (χ1v) is 8.61. The number of aromatic nitrogens is 1. The van der Waals surface area contributed by atoms with Gasteiger partial charge in [-0.25, -0.2) is 4.98 Å². The number of anilines is 2. The second kappa shape index (κ2) is 5.71. The van der Waals surface area contributed by atoms with Crippen LogP contribution in [-0.4, -0.2) is 12.1 Å². The number of methoxy groups -OCH3 is 1. The standard InChI is InChI=1S/C17H12Cl2N2OS/c1-22-10-5-6-11-9(7-10)8-14-16(11)21-17(23-14)20-13-4-2-3-12(18)15(13)19/h2-7H,8H2,1H3,(H,20,21). The van der Waals surface area contributed by atoms with Gasteiger partial charge in [0.25, 0.3) is 0 Å². The summed E-state index contributed by atoms with van der Waals surface area (Å²) in [5.74, 6) is 0.878. The Balaban J connectivity index is 1.67. The molecule has 0 unspecified atom stereocenters. The second-order valence-corrected chi connectivity index (χ2v) is 7.09. The Morgan fingerprint density at radius 2 is 2.09 bits per heavy atom. The zero-order chi connectivity index (χ0) is 16.0. The molecule has 3 nitrogen and oxygen atoms in total. The maximum Gasteiger partial charge on any atom is 0.188 e. The fourth-order valence-electron chi connectivity index (χ4n) is 2.70. The Bertz CT molecular complexity index is 908. The summed E-state index contributed by atoms with van der Waals surface area (Å²) in [5, 5.41) is 5.12. The van der Waals surface area contributed by atoms with Gasteiger partial charge >= 0.3 is 0 Å². The molecule has 1 N–H and O–H groups in total. The van der Waals surface area contributed by atoms with Crippen LogP contribution in [0.2, 0.25) is 10.0 Å². The van der Waals surface area contributed by atoms with E-state index in [0.29, 0.717) is 10.0 Å². The molecule has 3 aromatic rings. The Labute approximate surface area is 147 Å². The number of nitrogens with zero attached hydrogens (tertiary/aromatic N) is 1. The molecule has 0 spiro atoms. The number of halogens is 2. The number of fused-ring (bicyclic) bond motifs is 3. The first-order chi connectivity index (χ1) is 11.2. The average molecular weight is 363 g/mol. The highest BCUT2D eigenvalue weighted by molar-refractivity contribution is 7.16. The van der Waals surface area contributed by atoms with E-state index < -0.39 is 0 Å². The molecule has 2 aromatic carbocycles. The molecule has 0 amide bonds. The van der Waals surface area contributed by atoms with Crippen molar-refractivity contribution in [3.8, 4) is 17.0 Å². The molecule has 0 fully saturated rings. The van der Waals surface area contributed by atoms with E-state index in [4.69, 9.17) is 32.9 Å². The number of benzene rings is 2. The van der Waals surface area contributed by atoms with Gasteiger partial charge in [-0.15, -0.1) is 11.3 Å². The first-order valence-electron chi connectivity index (χ1n) is 7.03. The normalized spacial score (nSPS) is 12.0. The molecule has 4 rings (SSSR count). The van der Waals surface area contributed by atoms with E-state index >= 15 is 0 Å². The topological polar surface area (TPSA) is 34.1 Å². The number of nitrogens with one attached hydrogen (secondary N) is 1. The fourth-order valence-corrected chi connectivity index (χ4v) is 4.06. The highest BCUT2D eigenvalue weighted by Crippen LogP contribution is 2.43. The van der Waals surface area contributed by atoms with E-state index in [1.165, 1.54) is 16.0 Å². The van der Waals surface area contributed by atoms with Crippen molar-refractivity contribution in [2.24, 2.45) is 0 Å². The van der Waals surface area contributed by atoms with Crippen LogP contribution in [0.25, 0.3) is 11.3 Å². The van der Waals surface area contributed by atoms with Crippen molar-refractivity contribution in [3.63, 3.8) is 0 Å². The molecule has 1 aromatic heterocycles. The van der Waals surface area contributed by atoms with Gasteiger partial charge in [0.05, 0.1) is 28.5 Å². The Hall–Kier alpha value is -1.75.